The SMILES string of the molecule is C/N=C\c1ccc(-c2cccc(-c3nc(-c4ccccc4)nc(-c4cccc5c4-c4ccccc4C54c5ccccc5Oc5ccccc54)n3)c2)cc1. The highest BCUT2D eigenvalue weighted by atomic mass is 16.5. The van der Waals surface area contributed by atoms with Gasteiger partial charge < -0.3 is 4.74 Å². The zero-order chi connectivity index (χ0) is 35.4. The van der Waals surface area contributed by atoms with Gasteiger partial charge >= 0.3 is 0 Å². The second-order valence-electron chi connectivity index (χ2n) is 13.4. The van der Waals surface area contributed by atoms with Crippen molar-refractivity contribution >= 4 is 6.21 Å². The summed E-state index contributed by atoms with van der Waals surface area (Å²) in [7, 11) is 1.79. The Kier molecular flexibility index (Phi) is 7.18. The van der Waals surface area contributed by atoms with E-state index < -0.39 is 5.41 Å². The molecule has 0 amide bonds. The average Bonchev–Trinajstić information content (AvgIpc) is 3.52. The molecule has 0 N–H and O–H groups in total. The van der Waals surface area contributed by atoms with Crippen LogP contribution in [0, 0.1) is 0 Å². The number of fused-ring (bicyclic) bond motifs is 9. The lowest BCUT2D eigenvalue weighted by atomic mass is 9.66. The zero-order valence-electron chi connectivity index (χ0n) is 28.9. The summed E-state index contributed by atoms with van der Waals surface area (Å²) in [5.41, 5.74) is 12.4. The van der Waals surface area contributed by atoms with Gasteiger partial charge in [-0.1, -0.05) is 152 Å². The van der Waals surface area contributed by atoms with Crippen LogP contribution in [0.4, 0.5) is 0 Å². The van der Waals surface area contributed by atoms with Crippen LogP contribution < -0.4 is 4.74 Å². The lowest BCUT2D eigenvalue weighted by Gasteiger charge is -2.39. The van der Waals surface area contributed by atoms with E-state index in [4.69, 9.17) is 19.7 Å². The van der Waals surface area contributed by atoms with Crippen molar-refractivity contribution in [2.24, 2.45) is 4.99 Å². The third kappa shape index (κ3) is 4.85. The van der Waals surface area contributed by atoms with Crippen LogP contribution in [0.3, 0.4) is 0 Å². The second-order valence-corrected chi connectivity index (χ2v) is 13.4. The number of ether oxygens (including phenoxy) is 1. The molecule has 7 aromatic carbocycles. The van der Waals surface area contributed by atoms with E-state index in [1.807, 2.05) is 36.5 Å². The molecule has 1 aromatic heterocycles. The van der Waals surface area contributed by atoms with E-state index in [9.17, 15) is 0 Å². The number of rotatable bonds is 5. The Morgan fingerprint density at radius 1 is 0.453 bits per heavy atom. The molecule has 5 nitrogen and oxygen atoms in total. The number of hydrogen-bond donors (Lipinski definition) is 0. The summed E-state index contributed by atoms with van der Waals surface area (Å²) in [6.45, 7) is 0. The Bertz CT molecular complexity index is 2670. The first kappa shape index (κ1) is 30.8. The molecule has 53 heavy (non-hydrogen) atoms. The molecule has 0 atom stereocenters. The Morgan fingerprint density at radius 3 is 1.74 bits per heavy atom. The molecule has 1 spiro atoms. The van der Waals surface area contributed by atoms with E-state index >= 15 is 0 Å². The molecule has 0 bridgehead atoms. The van der Waals surface area contributed by atoms with Crippen molar-refractivity contribution in [1.82, 2.24) is 15.0 Å². The Hall–Kier alpha value is -6.98. The maximum absolute atomic E-state index is 6.56. The summed E-state index contributed by atoms with van der Waals surface area (Å²) in [6.07, 6.45) is 1.86. The van der Waals surface area contributed by atoms with E-state index in [1.165, 1.54) is 11.1 Å². The van der Waals surface area contributed by atoms with Crippen molar-refractivity contribution in [2.75, 3.05) is 7.05 Å². The third-order valence-electron chi connectivity index (χ3n) is 10.4. The fraction of sp³-hybridized carbons (Fsp3) is 0.0417. The highest BCUT2D eigenvalue weighted by molar-refractivity contribution is 5.95. The maximum atomic E-state index is 6.56. The van der Waals surface area contributed by atoms with Crippen molar-refractivity contribution in [2.45, 2.75) is 5.41 Å². The van der Waals surface area contributed by atoms with Gasteiger partial charge in [0, 0.05) is 41.1 Å². The average molecular weight is 681 g/mol. The normalized spacial score (nSPS) is 13.2. The Balaban J connectivity index is 1.21. The maximum Gasteiger partial charge on any atom is 0.164 e. The van der Waals surface area contributed by atoms with Crippen LogP contribution in [0.25, 0.3) is 56.4 Å². The van der Waals surface area contributed by atoms with Gasteiger partial charge in [-0.15, -0.1) is 0 Å². The van der Waals surface area contributed by atoms with E-state index in [1.54, 1.807) is 7.05 Å². The minimum Gasteiger partial charge on any atom is -0.457 e. The first-order valence-electron chi connectivity index (χ1n) is 17.8. The van der Waals surface area contributed by atoms with Crippen LogP contribution in [-0.4, -0.2) is 28.2 Å². The predicted octanol–water partition coefficient (Wildman–Crippen LogP) is 11.1. The van der Waals surface area contributed by atoms with Gasteiger partial charge in [-0.3, -0.25) is 4.99 Å². The molecule has 10 rings (SSSR count). The minimum atomic E-state index is -0.585. The van der Waals surface area contributed by atoms with Crippen LogP contribution in [-0.2, 0) is 5.41 Å². The van der Waals surface area contributed by atoms with Crippen molar-refractivity contribution in [3.63, 3.8) is 0 Å². The minimum absolute atomic E-state index is 0.585. The number of aliphatic imine (C=N–C) groups is 1. The molecule has 1 aliphatic carbocycles. The summed E-state index contributed by atoms with van der Waals surface area (Å²) >= 11 is 0. The van der Waals surface area contributed by atoms with Gasteiger partial charge in [0.1, 0.15) is 11.5 Å². The summed E-state index contributed by atoms with van der Waals surface area (Å²) in [5.74, 6) is 3.59. The van der Waals surface area contributed by atoms with Crippen molar-refractivity contribution in [1.29, 1.82) is 0 Å². The lowest BCUT2D eigenvalue weighted by molar-refractivity contribution is 0.436. The molecule has 250 valence electrons. The van der Waals surface area contributed by atoms with Gasteiger partial charge in [0.15, 0.2) is 17.5 Å². The molecule has 2 aliphatic rings. The van der Waals surface area contributed by atoms with E-state index in [0.29, 0.717) is 17.5 Å². The Morgan fingerprint density at radius 2 is 1.00 bits per heavy atom. The van der Waals surface area contributed by atoms with Crippen molar-refractivity contribution in [3.05, 3.63) is 198 Å². The van der Waals surface area contributed by atoms with E-state index in [2.05, 4.69) is 145 Å². The smallest absolute Gasteiger partial charge is 0.164 e. The van der Waals surface area contributed by atoms with Gasteiger partial charge in [0.2, 0.25) is 0 Å². The summed E-state index contributed by atoms with van der Waals surface area (Å²) in [4.78, 5) is 19.8. The molecular weight excluding hydrogens is 649 g/mol. The van der Waals surface area contributed by atoms with Crippen molar-refractivity contribution in [3.8, 4) is 67.9 Å². The molecule has 2 heterocycles. The molecule has 0 radical (unpaired) electrons. The highest BCUT2D eigenvalue weighted by Gasteiger charge is 2.51. The number of para-hydroxylation sites is 2. The first-order chi connectivity index (χ1) is 26.2. The molecule has 0 unspecified atom stereocenters. The summed E-state index contributed by atoms with van der Waals surface area (Å²) < 4.78 is 6.56. The number of aromatic nitrogens is 3. The summed E-state index contributed by atoms with van der Waals surface area (Å²) in [6, 6.07) is 59.1. The van der Waals surface area contributed by atoms with E-state index in [0.717, 1.165) is 67.1 Å². The molecule has 5 heteroatoms. The van der Waals surface area contributed by atoms with Gasteiger partial charge in [0.25, 0.3) is 0 Å². The van der Waals surface area contributed by atoms with Crippen molar-refractivity contribution < 1.29 is 4.74 Å². The van der Waals surface area contributed by atoms with Gasteiger partial charge in [0.05, 0.1) is 5.41 Å². The molecular formula is C48H32N4O. The third-order valence-corrected chi connectivity index (χ3v) is 10.4. The fourth-order valence-electron chi connectivity index (χ4n) is 8.18. The van der Waals surface area contributed by atoms with Crippen LogP contribution in [0.5, 0.6) is 11.5 Å². The molecule has 0 saturated heterocycles. The van der Waals surface area contributed by atoms with Gasteiger partial charge in [-0.2, -0.15) is 0 Å². The van der Waals surface area contributed by atoms with Crippen LogP contribution >= 0.6 is 0 Å². The number of benzene rings is 7. The van der Waals surface area contributed by atoms with Gasteiger partial charge in [-0.05, 0) is 57.1 Å². The fourth-order valence-corrected chi connectivity index (χ4v) is 8.18. The lowest BCUT2D eigenvalue weighted by Crippen LogP contribution is -2.32. The van der Waals surface area contributed by atoms with Crippen LogP contribution in [0.1, 0.15) is 27.8 Å². The molecule has 1 aliphatic heterocycles. The monoisotopic (exact) mass is 680 g/mol. The van der Waals surface area contributed by atoms with Gasteiger partial charge in [-0.25, -0.2) is 15.0 Å². The quantitative estimate of drug-likeness (QED) is 0.170. The number of hydrogen-bond acceptors (Lipinski definition) is 5. The summed E-state index contributed by atoms with van der Waals surface area (Å²) in [5, 5.41) is 0. The number of nitrogens with zero attached hydrogens (tertiary/aromatic N) is 4. The molecule has 8 aromatic rings. The van der Waals surface area contributed by atoms with Crippen LogP contribution in [0.15, 0.2) is 175 Å². The zero-order valence-corrected chi connectivity index (χ0v) is 28.9. The molecule has 0 saturated carbocycles. The predicted molar refractivity (Wildman–Crippen MR) is 212 cm³/mol. The second kappa shape index (κ2) is 12.4. The van der Waals surface area contributed by atoms with Crippen LogP contribution in [0.2, 0.25) is 0 Å². The standard InChI is InChI=1S/C48H32N4O/c1-49-30-31-25-27-32(28-26-31)34-15-11-16-35(29-34)46-50-45(33-13-3-2-4-14-33)51-47(52-46)37-18-12-22-41-44(37)36-17-5-6-19-38(36)48(41)39-20-7-9-23-42(39)53-43-24-10-8-21-40(43)48/h2-30H,1H3/b49-30-. The highest BCUT2D eigenvalue weighted by Crippen LogP contribution is 2.63. The Labute approximate surface area is 308 Å². The largest absolute Gasteiger partial charge is 0.457 e. The molecule has 0 fully saturated rings. The van der Waals surface area contributed by atoms with E-state index in [-0.39, 0.29) is 0 Å². The topological polar surface area (TPSA) is 60.3 Å². The first-order valence-corrected chi connectivity index (χ1v) is 17.8.